The van der Waals surface area contributed by atoms with E-state index in [1.807, 2.05) is 0 Å². The molecule has 1 unspecified atom stereocenters. The van der Waals surface area contributed by atoms with Gasteiger partial charge in [0.05, 0.1) is 12.0 Å². The highest BCUT2D eigenvalue weighted by Gasteiger charge is 2.14. The van der Waals surface area contributed by atoms with Crippen molar-refractivity contribution < 1.29 is 14.2 Å². The summed E-state index contributed by atoms with van der Waals surface area (Å²) in [7, 11) is 2.80. The second-order valence-electron chi connectivity index (χ2n) is 2.47. The second kappa shape index (κ2) is 7.33. The molecule has 12 heavy (non-hydrogen) atoms. The fourth-order valence-corrected chi connectivity index (χ4v) is 2.35. The normalized spacial score (nSPS) is 14.0. The first-order valence-corrected chi connectivity index (χ1v) is 5.73. The van der Waals surface area contributed by atoms with Gasteiger partial charge in [0, 0.05) is 14.2 Å². The highest BCUT2D eigenvalue weighted by molar-refractivity contribution is 6.38. The Balaban J connectivity index is 3.73. The maximum absolute atomic E-state index is 5.29. The lowest BCUT2D eigenvalue weighted by molar-refractivity contribution is -0.0475. The minimum Gasteiger partial charge on any atom is -0.503 e. The van der Waals surface area contributed by atoms with Gasteiger partial charge in [-0.3, -0.25) is 0 Å². The maximum atomic E-state index is 5.29. The first-order chi connectivity index (χ1) is 5.78. The topological polar surface area (TPSA) is 27.7 Å². The molecule has 4 heteroatoms. The lowest BCUT2D eigenvalue weighted by atomic mass is 10.5. The molecule has 0 saturated carbocycles. The molecule has 0 radical (unpaired) electrons. The van der Waals surface area contributed by atoms with Crippen LogP contribution in [-0.2, 0) is 14.2 Å². The van der Waals surface area contributed by atoms with Gasteiger partial charge in [0.2, 0.25) is 0 Å². The van der Waals surface area contributed by atoms with Crippen LogP contribution in [0.4, 0.5) is 0 Å². The van der Waals surface area contributed by atoms with Gasteiger partial charge in [0.15, 0.2) is 0 Å². The Morgan fingerprint density at radius 3 is 2.33 bits per heavy atom. The number of ether oxygens (including phenoxy) is 3. The van der Waals surface area contributed by atoms with Crippen LogP contribution in [0.15, 0.2) is 12.8 Å². The molecule has 0 amide bonds. The van der Waals surface area contributed by atoms with Gasteiger partial charge in [-0.15, -0.1) is 0 Å². The van der Waals surface area contributed by atoms with Crippen molar-refractivity contribution in [3.8, 4) is 0 Å². The summed E-state index contributed by atoms with van der Waals surface area (Å²) in [6.07, 6.45) is 2.48. The van der Waals surface area contributed by atoms with Crippen LogP contribution in [0.3, 0.4) is 0 Å². The van der Waals surface area contributed by atoms with E-state index < -0.39 is 9.52 Å². The Kier molecular flexibility index (Phi) is 7.14. The summed E-state index contributed by atoms with van der Waals surface area (Å²) in [4.78, 5) is 0. The van der Waals surface area contributed by atoms with Crippen molar-refractivity contribution in [3.05, 3.63) is 12.8 Å². The zero-order chi connectivity index (χ0) is 9.40. The van der Waals surface area contributed by atoms with E-state index in [2.05, 4.69) is 13.5 Å². The molecule has 0 bridgehead atoms. The average Bonchev–Trinajstić information content (AvgIpc) is 2.12. The van der Waals surface area contributed by atoms with Gasteiger partial charge in [-0.25, -0.2) is 0 Å². The summed E-state index contributed by atoms with van der Waals surface area (Å²) in [6.45, 7) is 5.61. The smallest absolute Gasteiger partial charge is 0.138 e. The number of methoxy groups -OCH3 is 2. The van der Waals surface area contributed by atoms with E-state index in [0.717, 1.165) is 6.42 Å². The second-order valence-corrected chi connectivity index (χ2v) is 4.52. The lowest BCUT2D eigenvalue weighted by Crippen LogP contribution is -2.32. The zero-order valence-corrected chi connectivity index (χ0v) is 9.49. The molecule has 72 valence electrons. The largest absolute Gasteiger partial charge is 0.503 e. The Bertz CT molecular complexity index is 115. The molecule has 0 aromatic heterocycles. The van der Waals surface area contributed by atoms with Crippen LogP contribution in [0, 0.1) is 0 Å². The van der Waals surface area contributed by atoms with Gasteiger partial charge in [0.25, 0.3) is 0 Å². The average molecular weight is 190 g/mol. The summed E-state index contributed by atoms with van der Waals surface area (Å²) in [5, 5.41) is 0. The standard InChI is InChI=1S/C8H18O3Si/c1-5-7(11-6-2)12-8(9-3)10-4/h6-8H,2,5,12H2,1,3-4H3. The van der Waals surface area contributed by atoms with Crippen LogP contribution in [0.5, 0.6) is 0 Å². The quantitative estimate of drug-likeness (QED) is 0.335. The Hall–Kier alpha value is -0.323. The highest BCUT2D eigenvalue weighted by atomic mass is 28.2. The molecule has 0 aliphatic carbocycles. The summed E-state index contributed by atoms with van der Waals surface area (Å²) in [5.74, 6) is -0.0464. The third-order valence-electron chi connectivity index (χ3n) is 1.73. The van der Waals surface area contributed by atoms with E-state index in [4.69, 9.17) is 14.2 Å². The minimum absolute atomic E-state index is 0.0464. The Labute approximate surface area is 76.5 Å². The summed E-state index contributed by atoms with van der Waals surface area (Å²) in [5.41, 5.74) is 0.271. The van der Waals surface area contributed by atoms with Crippen molar-refractivity contribution in [2.45, 2.75) is 25.0 Å². The molecule has 0 aromatic rings. The van der Waals surface area contributed by atoms with Crippen molar-refractivity contribution in [2.75, 3.05) is 14.2 Å². The summed E-state index contributed by atoms with van der Waals surface area (Å²) >= 11 is 0. The zero-order valence-electron chi connectivity index (χ0n) is 8.08. The van der Waals surface area contributed by atoms with Gasteiger partial charge in [-0.1, -0.05) is 13.5 Å². The monoisotopic (exact) mass is 190 g/mol. The van der Waals surface area contributed by atoms with Crippen LogP contribution < -0.4 is 0 Å². The van der Waals surface area contributed by atoms with E-state index in [1.54, 1.807) is 14.2 Å². The fraction of sp³-hybridized carbons (Fsp3) is 0.750. The van der Waals surface area contributed by atoms with Crippen LogP contribution in [-0.4, -0.2) is 35.4 Å². The first kappa shape index (κ1) is 11.7. The van der Waals surface area contributed by atoms with E-state index in [1.165, 1.54) is 6.26 Å². The molecule has 0 fully saturated rings. The minimum atomic E-state index is -0.510. The third kappa shape index (κ3) is 4.53. The van der Waals surface area contributed by atoms with Gasteiger partial charge in [0.1, 0.15) is 15.4 Å². The van der Waals surface area contributed by atoms with E-state index in [9.17, 15) is 0 Å². The van der Waals surface area contributed by atoms with Crippen LogP contribution >= 0.6 is 0 Å². The van der Waals surface area contributed by atoms with Crippen molar-refractivity contribution in [1.82, 2.24) is 0 Å². The first-order valence-electron chi connectivity index (χ1n) is 4.10. The Morgan fingerprint density at radius 1 is 1.42 bits per heavy atom. The van der Waals surface area contributed by atoms with E-state index in [0.29, 0.717) is 0 Å². The summed E-state index contributed by atoms with van der Waals surface area (Å²) < 4.78 is 15.5. The van der Waals surface area contributed by atoms with Crippen molar-refractivity contribution in [2.24, 2.45) is 0 Å². The van der Waals surface area contributed by atoms with E-state index >= 15 is 0 Å². The fourth-order valence-electron chi connectivity index (χ4n) is 0.958. The number of hydrogen-bond donors (Lipinski definition) is 0. The number of rotatable bonds is 7. The van der Waals surface area contributed by atoms with Crippen LogP contribution in [0.1, 0.15) is 13.3 Å². The van der Waals surface area contributed by atoms with Crippen LogP contribution in [0.2, 0.25) is 0 Å². The summed E-state index contributed by atoms with van der Waals surface area (Å²) in [6, 6.07) is 0. The number of hydrogen-bond acceptors (Lipinski definition) is 3. The molecule has 0 aliphatic rings. The molecular weight excluding hydrogens is 172 g/mol. The van der Waals surface area contributed by atoms with Gasteiger partial charge >= 0.3 is 0 Å². The van der Waals surface area contributed by atoms with Gasteiger partial charge in [-0.2, -0.15) is 0 Å². The molecule has 0 rings (SSSR count). The van der Waals surface area contributed by atoms with Crippen molar-refractivity contribution in [3.63, 3.8) is 0 Å². The molecule has 1 atom stereocenters. The lowest BCUT2D eigenvalue weighted by Gasteiger charge is -2.19. The Morgan fingerprint density at radius 2 is 2.00 bits per heavy atom. The molecule has 3 nitrogen and oxygen atoms in total. The van der Waals surface area contributed by atoms with E-state index in [-0.39, 0.29) is 11.6 Å². The molecular formula is C8H18O3Si. The van der Waals surface area contributed by atoms with Gasteiger partial charge < -0.3 is 14.2 Å². The molecule has 0 aliphatic heterocycles. The maximum Gasteiger partial charge on any atom is 0.138 e. The van der Waals surface area contributed by atoms with Crippen LogP contribution in [0.25, 0.3) is 0 Å². The molecule has 0 spiro atoms. The molecule has 0 N–H and O–H groups in total. The predicted octanol–water partition coefficient (Wildman–Crippen LogP) is 0.628. The van der Waals surface area contributed by atoms with Crippen molar-refractivity contribution in [1.29, 1.82) is 0 Å². The van der Waals surface area contributed by atoms with Crippen molar-refractivity contribution >= 4 is 9.52 Å². The third-order valence-corrected chi connectivity index (χ3v) is 4.07. The predicted molar refractivity (Wildman–Crippen MR) is 51.7 cm³/mol. The van der Waals surface area contributed by atoms with Gasteiger partial charge in [-0.05, 0) is 6.42 Å². The molecule has 0 saturated heterocycles. The SMILES string of the molecule is C=COC(CC)[SiH2]C(OC)OC. The molecule has 0 aromatic carbocycles. The highest BCUT2D eigenvalue weighted by Crippen LogP contribution is 2.01. The molecule has 0 heterocycles.